The van der Waals surface area contributed by atoms with Crippen LogP contribution in [-0.2, 0) is 10.0 Å². The van der Waals surface area contributed by atoms with Crippen LogP contribution < -0.4 is 14.8 Å². The maximum atomic E-state index is 12.9. The number of carbonyl (C=O) groups is 1. The van der Waals surface area contributed by atoms with E-state index >= 15 is 0 Å². The fraction of sp³-hybridized carbons (Fsp3) is 0.316. The molecule has 0 saturated carbocycles. The zero-order valence-corrected chi connectivity index (χ0v) is 17.2. The molecule has 1 aliphatic heterocycles. The molecule has 1 unspecified atom stereocenters. The summed E-state index contributed by atoms with van der Waals surface area (Å²) in [5.74, 6) is 0.360. The fourth-order valence-corrected chi connectivity index (χ4v) is 4.16. The summed E-state index contributed by atoms with van der Waals surface area (Å²) < 4.78 is 30.7. The van der Waals surface area contributed by atoms with Crippen LogP contribution in [0.3, 0.4) is 0 Å². The lowest BCUT2D eigenvalue weighted by Crippen LogP contribution is -2.34. The molecule has 1 aliphatic rings. The molecule has 0 spiro atoms. The summed E-state index contributed by atoms with van der Waals surface area (Å²) in [6.45, 7) is 0.617. The number of likely N-dealkylation sites (tertiary alicyclic amines) is 1. The van der Waals surface area contributed by atoms with Gasteiger partial charge >= 0.3 is 6.03 Å². The van der Waals surface area contributed by atoms with Gasteiger partial charge in [-0.3, -0.25) is 4.72 Å². The van der Waals surface area contributed by atoms with Gasteiger partial charge in [0, 0.05) is 17.3 Å². The second-order valence-corrected chi connectivity index (χ2v) is 8.75. The van der Waals surface area contributed by atoms with E-state index in [9.17, 15) is 13.2 Å². The number of methoxy groups -OCH3 is 1. The van der Waals surface area contributed by atoms with Crippen molar-refractivity contribution in [1.29, 1.82) is 0 Å². The molecular weight excluding hydrogens is 402 g/mol. The van der Waals surface area contributed by atoms with E-state index in [1.54, 1.807) is 17.0 Å². The van der Waals surface area contributed by atoms with Crippen molar-refractivity contribution in [1.82, 2.24) is 4.90 Å². The highest BCUT2D eigenvalue weighted by molar-refractivity contribution is 7.92. The number of rotatable bonds is 5. The lowest BCUT2D eigenvalue weighted by molar-refractivity contribution is 0.207. The number of sulfonamides is 1. The number of urea groups is 1. The maximum absolute atomic E-state index is 12.9. The first-order valence-electron chi connectivity index (χ1n) is 8.76. The van der Waals surface area contributed by atoms with Crippen molar-refractivity contribution in [3.05, 3.63) is 53.1 Å². The number of halogens is 1. The summed E-state index contributed by atoms with van der Waals surface area (Å²) in [5.41, 5.74) is 1.64. The van der Waals surface area contributed by atoms with Crippen molar-refractivity contribution in [3.8, 4) is 5.75 Å². The van der Waals surface area contributed by atoms with Gasteiger partial charge in [0.1, 0.15) is 5.75 Å². The number of nitrogens with zero attached hydrogens (tertiary/aromatic N) is 1. The van der Waals surface area contributed by atoms with E-state index < -0.39 is 10.0 Å². The molecule has 1 heterocycles. The summed E-state index contributed by atoms with van der Waals surface area (Å²) in [6.07, 6.45) is 2.77. The van der Waals surface area contributed by atoms with E-state index in [2.05, 4.69) is 10.0 Å². The molecule has 2 aromatic carbocycles. The first kappa shape index (κ1) is 20.3. The van der Waals surface area contributed by atoms with Gasteiger partial charge in [-0.2, -0.15) is 0 Å². The summed E-state index contributed by atoms with van der Waals surface area (Å²) in [6, 6.07) is 11.9. The molecular formula is C19H22ClN3O4S. The Kier molecular flexibility index (Phi) is 6.00. The number of nitrogens with one attached hydrogen (secondary N) is 2. The fourth-order valence-electron chi connectivity index (χ4n) is 3.34. The predicted octanol–water partition coefficient (Wildman–Crippen LogP) is 4.09. The monoisotopic (exact) mass is 423 g/mol. The average Bonchev–Trinajstić information content (AvgIpc) is 3.10. The van der Waals surface area contributed by atoms with Crippen molar-refractivity contribution < 1.29 is 17.9 Å². The smallest absolute Gasteiger partial charge is 0.322 e. The molecule has 0 aromatic heterocycles. The maximum Gasteiger partial charge on any atom is 0.322 e. The van der Waals surface area contributed by atoms with Crippen molar-refractivity contribution in [2.45, 2.75) is 18.9 Å². The Morgan fingerprint density at radius 1 is 1.25 bits per heavy atom. The molecule has 0 aliphatic carbocycles. The first-order valence-corrected chi connectivity index (χ1v) is 11.0. The number of anilines is 2. The molecule has 150 valence electrons. The van der Waals surface area contributed by atoms with E-state index in [4.69, 9.17) is 16.3 Å². The third-order valence-corrected chi connectivity index (χ3v) is 5.46. The topological polar surface area (TPSA) is 87.7 Å². The Labute approximate surface area is 169 Å². The van der Waals surface area contributed by atoms with E-state index in [1.807, 2.05) is 24.3 Å². The van der Waals surface area contributed by atoms with Crippen LogP contribution in [0.1, 0.15) is 24.4 Å². The standard InChI is InChI=1S/C19H22ClN3O4S/c1-27-18-10-9-13(12-16(18)22-28(2,25)26)21-19(24)23-11-5-8-17(23)14-6-3-4-7-15(14)20/h3-4,6-7,9-10,12,17,22H,5,8,11H2,1-2H3,(H,21,24). The largest absolute Gasteiger partial charge is 0.495 e. The summed E-state index contributed by atoms with van der Waals surface area (Å²) in [7, 11) is -2.04. The third-order valence-electron chi connectivity index (χ3n) is 4.52. The highest BCUT2D eigenvalue weighted by atomic mass is 35.5. The quantitative estimate of drug-likeness (QED) is 0.758. The zero-order valence-electron chi connectivity index (χ0n) is 15.6. The average molecular weight is 424 g/mol. The van der Waals surface area contributed by atoms with Crippen molar-refractivity contribution >= 4 is 39.0 Å². The van der Waals surface area contributed by atoms with Gasteiger partial charge < -0.3 is 15.0 Å². The summed E-state index contributed by atoms with van der Waals surface area (Å²) in [4.78, 5) is 14.6. The molecule has 3 rings (SSSR count). The van der Waals surface area contributed by atoms with Crippen molar-refractivity contribution in [2.75, 3.05) is 29.9 Å². The Hall–Kier alpha value is -2.45. The lowest BCUT2D eigenvalue weighted by Gasteiger charge is -2.26. The van der Waals surface area contributed by atoms with E-state index in [1.165, 1.54) is 13.2 Å². The van der Waals surface area contributed by atoms with Gasteiger partial charge in [-0.05, 0) is 42.7 Å². The van der Waals surface area contributed by atoms with E-state index in [0.717, 1.165) is 24.7 Å². The zero-order chi connectivity index (χ0) is 20.3. The van der Waals surface area contributed by atoms with Gasteiger partial charge in [0.05, 0.1) is 25.1 Å². The Morgan fingerprint density at radius 2 is 2.00 bits per heavy atom. The summed E-state index contributed by atoms with van der Waals surface area (Å²) >= 11 is 6.31. The summed E-state index contributed by atoms with van der Waals surface area (Å²) in [5, 5.41) is 3.47. The number of amides is 2. The van der Waals surface area contributed by atoms with Crippen LogP contribution in [0.25, 0.3) is 0 Å². The van der Waals surface area contributed by atoms with Crippen LogP contribution >= 0.6 is 11.6 Å². The highest BCUT2D eigenvalue weighted by Gasteiger charge is 2.31. The number of hydrogen-bond donors (Lipinski definition) is 2. The molecule has 7 nitrogen and oxygen atoms in total. The van der Waals surface area contributed by atoms with Gasteiger partial charge in [0.25, 0.3) is 0 Å². The van der Waals surface area contributed by atoms with Crippen LogP contribution in [-0.4, -0.2) is 39.3 Å². The lowest BCUT2D eigenvalue weighted by atomic mass is 10.0. The molecule has 0 bridgehead atoms. The minimum absolute atomic E-state index is 0.0967. The van der Waals surface area contributed by atoms with Crippen LogP contribution in [0.4, 0.5) is 16.2 Å². The number of carbonyl (C=O) groups excluding carboxylic acids is 1. The van der Waals surface area contributed by atoms with Crippen molar-refractivity contribution in [2.24, 2.45) is 0 Å². The third kappa shape index (κ3) is 4.69. The Bertz CT molecular complexity index is 981. The molecule has 2 N–H and O–H groups in total. The molecule has 2 aromatic rings. The van der Waals surface area contributed by atoms with Gasteiger partial charge in [-0.25, -0.2) is 13.2 Å². The van der Waals surface area contributed by atoms with Crippen LogP contribution in [0.15, 0.2) is 42.5 Å². The Morgan fingerprint density at radius 3 is 2.68 bits per heavy atom. The predicted molar refractivity (Wildman–Crippen MR) is 111 cm³/mol. The van der Waals surface area contributed by atoms with E-state index in [0.29, 0.717) is 23.0 Å². The molecule has 1 atom stereocenters. The number of hydrogen-bond acceptors (Lipinski definition) is 4. The molecule has 2 amide bonds. The van der Waals surface area contributed by atoms with Gasteiger partial charge in [0.2, 0.25) is 10.0 Å². The normalized spacial score (nSPS) is 16.7. The molecule has 0 radical (unpaired) electrons. The van der Waals surface area contributed by atoms with Crippen LogP contribution in [0.2, 0.25) is 5.02 Å². The molecule has 28 heavy (non-hydrogen) atoms. The number of ether oxygens (including phenoxy) is 1. The first-order chi connectivity index (χ1) is 13.3. The van der Waals surface area contributed by atoms with Gasteiger partial charge in [-0.1, -0.05) is 29.8 Å². The molecule has 1 fully saturated rings. The van der Waals surface area contributed by atoms with Gasteiger partial charge in [0.15, 0.2) is 0 Å². The minimum atomic E-state index is -3.49. The van der Waals surface area contributed by atoms with Gasteiger partial charge in [-0.15, -0.1) is 0 Å². The van der Waals surface area contributed by atoms with Crippen molar-refractivity contribution in [3.63, 3.8) is 0 Å². The van der Waals surface area contributed by atoms with E-state index in [-0.39, 0.29) is 17.8 Å². The molecule has 9 heteroatoms. The highest BCUT2D eigenvalue weighted by Crippen LogP contribution is 2.36. The Balaban J connectivity index is 1.80. The second kappa shape index (κ2) is 8.28. The van der Waals surface area contributed by atoms with Crippen LogP contribution in [0, 0.1) is 0 Å². The molecule has 1 saturated heterocycles. The minimum Gasteiger partial charge on any atom is -0.495 e. The number of benzene rings is 2. The SMILES string of the molecule is COc1ccc(NC(=O)N2CCCC2c2ccccc2Cl)cc1NS(C)(=O)=O. The van der Waals surface area contributed by atoms with Crippen LogP contribution in [0.5, 0.6) is 5.75 Å². The second-order valence-electron chi connectivity index (χ2n) is 6.59.